The molecule has 1 rings (SSSR count). The first-order chi connectivity index (χ1) is 5.65. The summed E-state index contributed by atoms with van der Waals surface area (Å²) in [4.78, 5) is 0. The van der Waals surface area contributed by atoms with Crippen molar-refractivity contribution in [3.05, 3.63) is 33.8 Å². The zero-order chi connectivity index (χ0) is 9.14. The smallest absolute Gasteiger partial charge is 0.0624 e. The van der Waals surface area contributed by atoms with Crippen LogP contribution < -0.4 is 5.73 Å². The van der Waals surface area contributed by atoms with Gasteiger partial charge in [-0.2, -0.15) is 0 Å². The molecule has 0 aliphatic rings. The Balaban J connectivity index is 3.04. The number of nitrogens with two attached hydrogens (primary N) is 1. The van der Waals surface area contributed by atoms with Crippen molar-refractivity contribution < 1.29 is 5.11 Å². The van der Waals surface area contributed by atoms with Gasteiger partial charge in [0, 0.05) is 4.47 Å². The van der Waals surface area contributed by atoms with Gasteiger partial charge in [-0.05, 0) is 30.2 Å². The minimum atomic E-state index is -0.275. The summed E-state index contributed by atoms with van der Waals surface area (Å²) in [5.74, 6) is 0. The van der Waals surface area contributed by atoms with Crippen molar-refractivity contribution in [2.75, 3.05) is 6.61 Å². The number of hydrogen-bond donors (Lipinski definition) is 2. The van der Waals surface area contributed by atoms with Crippen molar-refractivity contribution >= 4 is 15.9 Å². The summed E-state index contributed by atoms with van der Waals surface area (Å²) >= 11 is 3.36. The molecule has 0 radical (unpaired) electrons. The molecule has 1 atom stereocenters. The molecule has 1 unspecified atom stereocenters. The summed E-state index contributed by atoms with van der Waals surface area (Å²) in [5.41, 5.74) is 7.80. The van der Waals surface area contributed by atoms with Gasteiger partial charge in [0.2, 0.25) is 0 Å². The molecular formula is C9H12BrNO. The van der Waals surface area contributed by atoms with Crippen LogP contribution in [0.25, 0.3) is 0 Å². The highest BCUT2D eigenvalue weighted by Gasteiger charge is 2.07. The molecule has 1 aromatic rings. The maximum atomic E-state index is 8.86. The number of aryl methyl sites for hydroxylation is 1. The maximum absolute atomic E-state index is 8.86. The molecular weight excluding hydrogens is 218 g/mol. The van der Waals surface area contributed by atoms with Crippen molar-refractivity contribution in [3.8, 4) is 0 Å². The van der Waals surface area contributed by atoms with Gasteiger partial charge in [-0.25, -0.2) is 0 Å². The fourth-order valence-electron chi connectivity index (χ4n) is 1.11. The standard InChI is InChI=1S/C9H12BrNO/c1-6-2-3-7(10)4-8(6)9(11)5-12/h2-4,9,12H,5,11H2,1H3. The van der Waals surface area contributed by atoms with E-state index in [4.69, 9.17) is 10.8 Å². The van der Waals surface area contributed by atoms with Crippen LogP contribution in [0.5, 0.6) is 0 Å². The predicted molar refractivity (Wildman–Crippen MR) is 52.9 cm³/mol. The molecule has 0 saturated carbocycles. The third-order valence-electron chi connectivity index (χ3n) is 1.84. The molecule has 3 heteroatoms. The van der Waals surface area contributed by atoms with E-state index in [9.17, 15) is 0 Å². The van der Waals surface area contributed by atoms with Crippen molar-refractivity contribution in [2.24, 2.45) is 5.73 Å². The van der Waals surface area contributed by atoms with Crippen LogP contribution >= 0.6 is 15.9 Å². The molecule has 0 aliphatic carbocycles. The Kier molecular flexibility index (Phi) is 3.26. The molecule has 66 valence electrons. The van der Waals surface area contributed by atoms with Gasteiger partial charge in [0.25, 0.3) is 0 Å². The van der Waals surface area contributed by atoms with Crippen LogP contribution in [0.3, 0.4) is 0 Å². The van der Waals surface area contributed by atoms with E-state index in [-0.39, 0.29) is 12.6 Å². The van der Waals surface area contributed by atoms with E-state index < -0.39 is 0 Å². The van der Waals surface area contributed by atoms with Gasteiger partial charge in [-0.15, -0.1) is 0 Å². The number of benzene rings is 1. The summed E-state index contributed by atoms with van der Waals surface area (Å²) in [6.07, 6.45) is 0. The van der Waals surface area contributed by atoms with Crippen molar-refractivity contribution in [2.45, 2.75) is 13.0 Å². The largest absolute Gasteiger partial charge is 0.394 e. The third-order valence-corrected chi connectivity index (χ3v) is 2.33. The quantitative estimate of drug-likeness (QED) is 0.812. The fourth-order valence-corrected chi connectivity index (χ4v) is 1.49. The van der Waals surface area contributed by atoms with Crippen LogP contribution in [-0.4, -0.2) is 11.7 Å². The molecule has 0 heterocycles. The maximum Gasteiger partial charge on any atom is 0.0624 e. The molecule has 0 saturated heterocycles. The summed E-state index contributed by atoms with van der Waals surface area (Å²) < 4.78 is 0.993. The molecule has 0 amide bonds. The first-order valence-electron chi connectivity index (χ1n) is 3.77. The van der Waals surface area contributed by atoms with Crippen LogP contribution in [0.2, 0.25) is 0 Å². The van der Waals surface area contributed by atoms with E-state index in [0.717, 1.165) is 15.6 Å². The lowest BCUT2D eigenvalue weighted by Crippen LogP contribution is -2.15. The Labute approximate surface area is 80.5 Å². The van der Waals surface area contributed by atoms with E-state index in [1.807, 2.05) is 25.1 Å². The molecule has 0 aliphatic heterocycles. The van der Waals surface area contributed by atoms with Gasteiger partial charge in [0.05, 0.1) is 12.6 Å². The second-order valence-electron chi connectivity index (χ2n) is 2.79. The molecule has 0 aromatic heterocycles. The SMILES string of the molecule is Cc1ccc(Br)cc1C(N)CO. The molecule has 0 fully saturated rings. The van der Waals surface area contributed by atoms with Crippen LogP contribution in [0.1, 0.15) is 17.2 Å². The first kappa shape index (κ1) is 9.71. The lowest BCUT2D eigenvalue weighted by atomic mass is 10.0. The Morgan fingerprint density at radius 1 is 1.58 bits per heavy atom. The Morgan fingerprint density at radius 3 is 2.83 bits per heavy atom. The molecule has 1 aromatic carbocycles. The average molecular weight is 230 g/mol. The van der Waals surface area contributed by atoms with Crippen LogP contribution in [0.4, 0.5) is 0 Å². The van der Waals surface area contributed by atoms with Crippen LogP contribution in [-0.2, 0) is 0 Å². The normalized spacial score (nSPS) is 13.0. The number of rotatable bonds is 2. The van der Waals surface area contributed by atoms with Gasteiger partial charge in [-0.3, -0.25) is 0 Å². The number of halogens is 1. The zero-order valence-electron chi connectivity index (χ0n) is 6.92. The summed E-state index contributed by atoms with van der Waals surface area (Å²) in [5, 5.41) is 8.86. The predicted octanol–water partition coefficient (Wildman–Crippen LogP) is 1.75. The average Bonchev–Trinajstić information content (AvgIpc) is 2.08. The van der Waals surface area contributed by atoms with Crippen molar-refractivity contribution in [1.29, 1.82) is 0 Å². The first-order valence-corrected chi connectivity index (χ1v) is 4.57. The Bertz CT molecular complexity index is 275. The van der Waals surface area contributed by atoms with Gasteiger partial charge < -0.3 is 10.8 Å². The van der Waals surface area contributed by atoms with Gasteiger partial charge in [-0.1, -0.05) is 22.0 Å². The molecule has 0 spiro atoms. The van der Waals surface area contributed by atoms with E-state index in [2.05, 4.69) is 15.9 Å². The Hall–Kier alpha value is -0.380. The number of aliphatic hydroxyl groups excluding tert-OH is 1. The lowest BCUT2D eigenvalue weighted by molar-refractivity contribution is 0.267. The summed E-state index contributed by atoms with van der Waals surface area (Å²) in [6.45, 7) is 1.97. The second-order valence-corrected chi connectivity index (χ2v) is 3.71. The second kappa shape index (κ2) is 4.03. The van der Waals surface area contributed by atoms with E-state index in [1.54, 1.807) is 0 Å². The minimum absolute atomic E-state index is 0.0166. The van der Waals surface area contributed by atoms with E-state index in [1.165, 1.54) is 0 Å². The minimum Gasteiger partial charge on any atom is -0.394 e. The topological polar surface area (TPSA) is 46.2 Å². The highest BCUT2D eigenvalue weighted by Crippen LogP contribution is 2.20. The van der Waals surface area contributed by atoms with Crippen LogP contribution in [0, 0.1) is 6.92 Å². The third kappa shape index (κ3) is 2.06. The zero-order valence-corrected chi connectivity index (χ0v) is 8.51. The van der Waals surface area contributed by atoms with Crippen molar-refractivity contribution in [3.63, 3.8) is 0 Å². The van der Waals surface area contributed by atoms with Gasteiger partial charge >= 0.3 is 0 Å². The molecule has 2 nitrogen and oxygen atoms in total. The molecule has 3 N–H and O–H groups in total. The van der Waals surface area contributed by atoms with Gasteiger partial charge in [0.15, 0.2) is 0 Å². The number of aliphatic hydroxyl groups is 1. The molecule has 0 bridgehead atoms. The van der Waals surface area contributed by atoms with E-state index >= 15 is 0 Å². The van der Waals surface area contributed by atoms with Gasteiger partial charge in [0.1, 0.15) is 0 Å². The molecule has 12 heavy (non-hydrogen) atoms. The summed E-state index contributed by atoms with van der Waals surface area (Å²) in [6, 6.07) is 5.61. The summed E-state index contributed by atoms with van der Waals surface area (Å²) in [7, 11) is 0. The van der Waals surface area contributed by atoms with Crippen molar-refractivity contribution in [1.82, 2.24) is 0 Å². The highest BCUT2D eigenvalue weighted by atomic mass is 79.9. The van der Waals surface area contributed by atoms with Crippen LogP contribution in [0.15, 0.2) is 22.7 Å². The lowest BCUT2D eigenvalue weighted by Gasteiger charge is -2.11. The Morgan fingerprint density at radius 2 is 2.25 bits per heavy atom. The highest BCUT2D eigenvalue weighted by molar-refractivity contribution is 9.10. The monoisotopic (exact) mass is 229 g/mol. The number of hydrogen-bond acceptors (Lipinski definition) is 2. The fraction of sp³-hybridized carbons (Fsp3) is 0.333. The van der Waals surface area contributed by atoms with E-state index in [0.29, 0.717) is 0 Å².